The summed E-state index contributed by atoms with van der Waals surface area (Å²) in [5, 5.41) is 14.1. The first-order valence-corrected chi connectivity index (χ1v) is 8.20. The van der Waals surface area contributed by atoms with Gasteiger partial charge in [0, 0.05) is 6.42 Å². The number of hydrogen-bond donors (Lipinski definition) is 1. The zero-order chi connectivity index (χ0) is 19.7. The molecule has 1 unspecified atom stereocenters. The van der Waals surface area contributed by atoms with Crippen molar-refractivity contribution in [1.29, 1.82) is 0 Å². The Kier molecular flexibility index (Phi) is 5.01. The lowest BCUT2D eigenvalue weighted by Crippen LogP contribution is -2.56. The molecule has 1 aliphatic heterocycles. The molecule has 3 rings (SSSR count). The van der Waals surface area contributed by atoms with Gasteiger partial charge in [-0.2, -0.15) is 23.3 Å². The molecule has 1 amide bonds. The monoisotopic (exact) mass is 380 g/mol. The van der Waals surface area contributed by atoms with E-state index < -0.39 is 30.0 Å². The third kappa shape index (κ3) is 3.85. The molecule has 2 aromatic carbocycles. The highest BCUT2D eigenvalue weighted by Crippen LogP contribution is 2.41. The van der Waals surface area contributed by atoms with E-state index in [9.17, 15) is 27.5 Å². The smallest absolute Gasteiger partial charge is 0.362 e. The zero-order valence-corrected chi connectivity index (χ0v) is 14.1. The summed E-state index contributed by atoms with van der Waals surface area (Å²) in [5.41, 5.74) is -2.58. The molecule has 8 heteroatoms. The summed E-state index contributed by atoms with van der Waals surface area (Å²) in [6.45, 7) is 0. The fraction of sp³-hybridized carbons (Fsp3) is 0.263. The number of benzene rings is 2. The number of amides is 1. The molecule has 27 heavy (non-hydrogen) atoms. The molecular formula is C19H16F4N2O2. The number of nitrogens with zero attached hydrogens (tertiary/aromatic N) is 2. The number of carbonyl (C=O) groups is 1. The maximum absolute atomic E-state index is 13.5. The van der Waals surface area contributed by atoms with Crippen LogP contribution in [0.2, 0.25) is 0 Å². The van der Waals surface area contributed by atoms with Crippen LogP contribution in [0, 0.1) is 5.82 Å². The van der Waals surface area contributed by atoms with Crippen LogP contribution in [-0.2, 0) is 11.2 Å². The Hall–Kier alpha value is -2.74. The SMILES string of the molecule is O=C(CCc1ccccc1)N1N=C(c2ccc(F)cc2)CC1(O)C(F)(F)F. The molecule has 2 aromatic rings. The van der Waals surface area contributed by atoms with Gasteiger partial charge in [0.2, 0.25) is 5.91 Å². The highest BCUT2D eigenvalue weighted by molar-refractivity contribution is 6.03. The van der Waals surface area contributed by atoms with E-state index in [4.69, 9.17) is 0 Å². The van der Waals surface area contributed by atoms with E-state index in [2.05, 4.69) is 5.10 Å². The Labute approximate surface area is 152 Å². The number of carbonyl (C=O) groups excluding carboxylic acids is 1. The first kappa shape index (κ1) is 19.0. The van der Waals surface area contributed by atoms with Gasteiger partial charge in [-0.3, -0.25) is 4.79 Å². The van der Waals surface area contributed by atoms with Crippen LogP contribution in [0.1, 0.15) is 24.0 Å². The second-order valence-corrected chi connectivity index (χ2v) is 6.24. The molecular weight excluding hydrogens is 364 g/mol. The molecule has 0 radical (unpaired) electrons. The number of hydrogen-bond acceptors (Lipinski definition) is 3. The van der Waals surface area contributed by atoms with E-state index in [-0.39, 0.29) is 29.1 Å². The van der Waals surface area contributed by atoms with Gasteiger partial charge in [-0.05, 0) is 29.7 Å². The summed E-state index contributed by atoms with van der Waals surface area (Å²) in [6, 6.07) is 13.5. The quantitative estimate of drug-likeness (QED) is 0.824. The molecule has 1 N–H and O–H groups in total. The Bertz CT molecular complexity index is 850. The molecule has 142 valence electrons. The van der Waals surface area contributed by atoms with Crippen LogP contribution in [0.15, 0.2) is 59.7 Å². The Morgan fingerprint density at radius 1 is 1.11 bits per heavy atom. The van der Waals surface area contributed by atoms with Gasteiger partial charge < -0.3 is 5.11 Å². The van der Waals surface area contributed by atoms with Crippen molar-refractivity contribution < 1.29 is 27.5 Å². The van der Waals surface area contributed by atoms with Gasteiger partial charge in [0.25, 0.3) is 5.72 Å². The van der Waals surface area contributed by atoms with Crippen LogP contribution >= 0.6 is 0 Å². The fourth-order valence-electron chi connectivity index (χ4n) is 2.83. The fourth-order valence-corrected chi connectivity index (χ4v) is 2.83. The van der Waals surface area contributed by atoms with Gasteiger partial charge in [0.15, 0.2) is 0 Å². The summed E-state index contributed by atoms with van der Waals surface area (Å²) in [7, 11) is 0. The van der Waals surface area contributed by atoms with Crippen molar-refractivity contribution in [3.8, 4) is 0 Å². The average Bonchev–Trinajstić information content (AvgIpc) is 3.00. The van der Waals surface area contributed by atoms with E-state index in [0.29, 0.717) is 0 Å². The van der Waals surface area contributed by atoms with Crippen molar-refractivity contribution in [2.45, 2.75) is 31.2 Å². The molecule has 0 saturated carbocycles. The van der Waals surface area contributed by atoms with E-state index in [0.717, 1.165) is 17.7 Å². The standard InChI is InChI=1S/C19H16F4N2O2/c20-15-9-7-14(8-10-15)16-12-18(27,19(21,22)23)25(24-16)17(26)11-6-13-4-2-1-3-5-13/h1-5,7-10,27H,6,11-12H2. The maximum atomic E-state index is 13.5. The summed E-state index contributed by atoms with van der Waals surface area (Å²) in [5.74, 6) is -1.50. The van der Waals surface area contributed by atoms with Crippen molar-refractivity contribution in [2.75, 3.05) is 0 Å². The number of alkyl halides is 3. The van der Waals surface area contributed by atoms with E-state index >= 15 is 0 Å². The average molecular weight is 380 g/mol. The van der Waals surface area contributed by atoms with Crippen LogP contribution in [0.4, 0.5) is 17.6 Å². The highest BCUT2D eigenvalue weighted by Gasteiger charge is 2.63. The number of aryl methyl sites for hydroxylation is 1. The predicted molar refractivity (Wildman–Crippen MR) is 90.2 cm³/mol. The maximum Gasteiger partial charge on any atom is 0.438 e. The molecule has 1 atom stereocenters. The van der Waals surface area contributed by atoms with E-state index in [1.807, 2.05) is 0 Å². The first-order chi connectivity index (χ1) is 12.7. The lowest BCUT2D eigenvalue weighted by atomic mass is 10.0. The van der Waals surface area contributed by atoms with Crippen LogP contribution in [0.3, 0.4) is 0 Å². The third-order valence-electron chi connectivity index (χ3n) is 4.32. The molecule has 1 aliphatic rings. The molecule has 0 aliphatic carbocycles. The largest absolute Gasteiger partial charge is 0.438 e. The van der Waals surface area contributed by atoms with E-state index in [1.165, 1.54) is 12.1 Å². The lowest BCUT2D eigenvalue weighted by molar-refractivity contribution is -0.302. The Morgan fingerprint density at radius 2 is 1.74 bits per heavy atom. The van der Waals surface area contributed by atoms with Crippen LogP contribution in [0.5, 0.6) is 0 Å². The summed E-state index contributed by atoms with van der Waals surface area (Å²) in [6.07, 6.45) is -6.05. The number of rotatable bonds is 4. The minimum atomic E-state index is -5.10. The van der Waals surface area contributed by atoms with Crippen LogP contribution in [-0.4, -0.2) is 33.6 Å². The Morgan fingerprint density at radius 3 is 2.33 bits per heavy atom. The van der Waals surface area contributed by atoms with Crippen molar-refractivity contribution in [2.24, 2.45) is 5.10 Å². The number of hydrazone groups is 1. The number of halogens is 4. The minimum Gasteiger partial charge on any atom is -0.362 e. The van der Waals surface area contributed by atoms with Gasteiger partial charge in [-0.1, -0.05) is 42.5 Å². The molecule has 4 nitrogen and oxygen atoms in total. The summed E-state index contributed by atoms with van der Waals surface area (Å²) < 4.78 is 53.5. The predicted octanol–water partition coefficient (Wildman–Crippen LogP) is 3.65. The highest BCUT2D eigenvalue weighted by atomic mass is 19.4. The lowest BCUT2D eigenvalue weighted by Gasteiger charge is -2.32. The van der Waals surface area contributed by atoms with Gasteiger partial charge in [0.05, 0.1) is 12.1 Å². The molecule has 0 fully saturated rings. The van der Waals surface area contributed by atoms with Crippen LogP contribution < -0.4 is 0 Å². The molecule has 0 spiro atoms. The van der Waals surface area contributed by atoms with Crippen molar-refractivity contribution in [3.05, 3.63) is 71.5 Å². The van der Waals surface area contributed by atoms with E-state index in [1.54, 1.807) is 30.3 Å². The van der Waals surface area contributed by atoms with Crippen LogP contribution in [0.25, 0.3) is 0 Å². The molecule has 0 bridgehead atoms. The van der Waals surface area contributed by atoms with Crippen molar-refractivity contribution in [1.82, 2.24) is 5.01 Å². The summed E-state index contributed by atoms with van der Waals surface area (Å²) in [4.78, 5) is 12.4. The second kappa shape index (κ2) is 7.11. The topological polar surface area (TPSA) is 52.9 Å². The first-order valence-electron chi connectivity index (χ1n) is 8.20. The van der Waals surface area contributed by atoms with Crippen molar-refractivity contribution >= 4 is 11.6 Å². The molecule has 1 heterocycles. The van der Waals surface area contributed by atoms with Gasteiger partial charge in [0.1, 0.15) is 5.82 Å². The third-order valence-corrected chi connectivity index (χ3v) is 4.32. The van der Waals surface area contributed by atoms with Gasteiger partial charge in [-0.15, -0.1) is 0 Å². The Balaban J connectivity index is 1.85. The molecule has 0 aromatic heterocycles. The van der Waals surface area contributed by atoms with Crippen molar-refractivity contribution in [3.63, 3.8) is 0 Å². The second-order valence-electron chi connectivity index (χ2n) is 6.24. The number of aliphatic hydroxyl groups is 1. The van der Waals surface area contributed by atoms with Gasteiger partial charge >= 0.3 is 6.18 Å². The normalized spacial score (nSPS) is 19.9. The van der Waals surface area contributed by atoms with Gasteiger partial charge in [-0.25, -0.2) is 4.39 Å². The summed E-state index contributed by atoms with van der Waals surface area (Å²) >= 11 is 0. The minimum absolute atomic E-state index is 0.106. The zero-order valence-electron chi connectivity index (χ0n) is 14.1. The molecule has 0 saturated heterocycles.